The number of rotatable bonds is 6. The summed E-state index contributed by atoms with van der Waals surface area (Å²) in [6.45, 7) is 3.34. The van der Waals surface area contributed by atoms with Crippen molar-refractivity contribution in [2.24, 2.45) is 0 Å². The molecule has 1 fully saturated rings. The molecule has 2 rings (SSSR count). The van der Waals surface area contributed by atoms with Crippen LogP contribution >= 0.6 is 0 Å². The number of hydrogen-bond acceptors (Lipinski definition) is 4. The maximum atomic E-state index is 12.5. The van der Waals surface area contributed by atoms with Gasteiger partial charge in [0.2, 0.25) is 10.0 Å². The summed E-state index contributed by atoms with van der Waals surface area (Å²) in [4.78, 5) is 0. The second kappa shape index (κ2) is 6.87. The van der Waals surface area contributed by atoms with Crippen molar-refractivity contribution >= 4 is 10.0 Å². The minimum Gasteiger partial charge on any atom is -0.377 e. The molecule has 1 heterocycles. The highest BCUT2D eigenvalue weighted by atomic mass is 32.2. The van der Waals surface area contributed by atoms with Crippen molar-refractivity contribution in [3.8, 4) is 0 Å². The van der Waals surface area contributed by atoms with E-state index in [4.69, 9.17) is 4.74 Å². The first-order valence-electron chi connectivity index (χ1n) is 7.24. The smallest absolute Gasteiger partial charge is 0.218 e. The summed E-state index contributed by atoms with van der Waals surface area (Å²) in [5, 5.41) is 3.07. The van der Waals surface area contributed by atoms with E-state index in [1.165, 1.54) is 4.31 Å². The Bertz CT molecular complexity index is 557. The van der Waals surface area contributed by atoms with E-state index in [1.54, 1.807) is 7.05 Å². The molecule has 5 nitrogen and oxygen atoms in total. The zero-order chi connectivity index (χ0) is 15.5. The van der Waals surface area contributed by atoms with E-state index in [2.05, 4.69) is 5.32 Å². The van der Waals surface area contributed by atoms with E-state index in [9.17, 15) is 8.42 Å². The largest absolute Gasteiger partial charge is 0.377 e. The molecule has 21 heavy (non-hydrogen) atoms. The van der Waals surface area contributed by atoms with Crippen molar-refractivity contribution in [1.29, 1.82) is 0 Å². The number of likely N-dealkylation sites (N-methyl/N-ethyl adjacent to an activating group) is 1. The monoisotopic (exact) mass is 312 g/mol. The van der Waals surface area contributed by atoms with Gasteiger partial charge in [-0.25, -0.2) is 8.42 Å². The molecule has 0 aliphatic carbocycles. The van der Waals surface area contributed by atoms with Gasteiger partial charge in [-0.15, -0.1) is 0 Å². The van der Waals surface area contributed by atoms with Gasteiger partial charge in [0.05, 0.1) is 17.9 Å². The van der Waals surface area contributed by atoms with Gasteiger partial charge in [-0.3, -0.25) is 0 Å². The van der Waals surface area contributed by atoms with Crippen molar-refractivity contribution in [2.45, 2.75) is 37.8 Å². The van der Waals surface area contributed by atoms with Crippen LogP contribution in [0.25, 0.3) is 0 Å². The predicted octanol–water partition coefficient (Wildman–Crippen LogP) is 1.34. The molecule has 1 aromatic carbocycles. The van der Waals surface area contributed by atoms with E-state index >= 15 is 0 Å². The van der Waals surface area contributed by atoms with Crippen LogP contribution in [0.3, 0.4) is 0 Å². The maximum Gasteiger partial charge on any atom is 0.218 e. The fraction of sp³-hybridized carbons (Fsp3) is 0.600. The molecule has 1 aliphatic heterocycles. The van der Waals surface area contributed by atoms with Gasteiger partial charge in [0.15, 0.2) is 0 Å². The van der Waals surface area contributed by atoms with Gasteiger partial charge >= 0.3 is 0 Å². The number of nitrogens with zero attached hydrogens (tertiary/aromatic N) is 1. The summed E-state index contributed by atoms with van der Waals surface area (Å²) < 4.78 is 31.9. The SMILES string of the molecule is CNCc1ccc(CS(=O)(=O)N(C)C2CCOC2C)cc1. The lowest BCUT2D eigenvalue weighted by atomic mass is 10.1. The fourth-order valence-electron chi connectivity index (χ4n) is 2.67. The molecule has 0 amide bonds. The van der Waals surface area contributed by atoms with Crippen LogP contribution in [0.15, 0.2) is 24.3 Å². The number of benzene rings is 1. The van der Waals surface area contributed by atoms with Gasteiger partial charge in [0, 0.05) is 20.2 Å². The first-order chi connectivity index (χ1) is 9.94. The molecule has 0 bridgehead atoms. The zero-order valence-corrected chi connectivity index (χ0v) is 13.7. The number of hydrogen-bond donors (Lipinski definition) is 1. The molecule has 0 aromatic heterocycles. The molecule has 118 valence electrons. The van der Waals surface area contributed by atoms with Gasteiger partial charge in [-0.1, -0.05) is 24.3 Å². The summed E-state index contributed by atoms with van der Waals surface area (Å²) in [5.41, 5.74) is 1.96. The Morgan fingerprint density at radius 2 is 1.90 bits per heavy atom. The van der Waals surface area contributed by atoms with E-state index < -0.39 is 10.0 Å². The maximum absolute atomic E-state index is 12.5. The Hall–Kier alpha value is -0.950. The highest BCUT2D eigenvalue weighted by molar-refractivity contribution is 7.88. The van der Waals surface area contributed by atoms with Crippen LogP contribution in [-0.2, 0) is 27.1 Å². The lowest BCUT2D eigenvalue weighted by Crippen LogP contribution is -2.41. The predicted molar refractivity (Wildman–Crippen MR) is 83.4 cm³/mol. The summed E-state index contributed by atoms with van der Waals surface area (Å²) in [6, 6.07) is 7.63. The Kier molecular flexibility index (Phi) is 5.37. The van der Waals surface area contributed by atoms with Crippen LogP contribution < -0.4 is 5.32 Å². The molecule has 0 spiro atoms. The Balaban J connectivity index is 2.06. The summed E-state index contributed by atoms with van der Waals surface area (Å²) in [6.07, 6.45) is 0.723. The van der Waals surface area contributed by atoms with Gasteiger partial charge in [-0.2, -0.15) is 4.31 Å². The van der Waals surface area contributed by atoms with Crippen LogP contribution in [0.5, 0.6) is 0 Å². The number of sulfonamides is 1. The topological polar surface area (TPSA) is 58.6 Å². The first kappa shape index (κ1) is 16.4. The number of ether oxygens (including phenoxy) is 1. The van der Waals surface area contributed by atoms with Crippen molar-refractivity contribution in [3.63, 3.8) is 0 Å². The van der Waals surface area contributed by atoms with Gasteiger partial charge < -0.3 is 10.1 Å². The molecule has 2 unspecified atom stereocenters. The average molecular weight is 312 g/mol. The highest BCUT2D eigenvalue weighted by Gasteiger charge is 2.34. The lowest BCUT2D eigenvalue weighted by Gasteiger charge is -2.26. The van der Waals surface area contributed by atoms with E-state index in [0.717, 1.165) is 24.1 Å². The Labute approximate surface area is 127 Å². The van der Waals surface area contributed by atoms with Crippen LogP contribution in [0.4, 0.5) is 0 Å². The number of nitrogens with one attached hydrogen (secondary N) is 1. The van der Waals surface area contributed by atoms with Gasteiger partial charge in [0.1, 0.15) is 0 Å². The molecule has 0 radical (unpaired) electrons. The third-order valence-corrected chi connectivity index (χ3v) is 5.84. The molecule has 1 aliphatic rings. The molecule has 6 heteroatoms. The van der Waals surface area contributed by atoms with E-state index in [-0.39, 0.29) is 17.9 Å². The van der Waals surface area contributed by atoms with E-state index in [0.29, 0.717) is 6.61 Å². The molecule has 1 N–H and O–H groups in total. The minimum absolute atomic E-state index is 0.0343. The third-order valence-electron chi connectivity index (χ3n) is 3.99. The van der Waals surface area contributed by atoms with Crippen LogP contribution in [0, 0.1) is 0 Å². The normalized spacial score (nSPS) is 22.9. The Morgan fingerprint density at radius 1 is 1.29 bits per heavy atom. The van der Waals surface area contributed by atoms with Crippen molar-refractivity contribution in [3.05, 3.63) is 35.4 Å². The minimum atomic E-state index is -3.32. The zero-order valence-electron chi connectivity index (χ0n) is 12.9. The second-order valence-corrected chi connectivity index (χ2v) is 7.58. The quantitative estimate of drug-likeness (QED) is 0.861. The van der Waals surface area contributed by atoms with Crippen LogP contribution in [0.2, 0.25) is 0 Å². The van der Waals surface area contributed by atoms with E-state index in [1.807, 2.05) is 38.2 Å². The average Bonchev–Trinajstić information content (AvgIpc) is 2.86. The fourth-order valence-corrected chi connectivity index (χ4v) is 4.18. The summed E-state index contributed by atoms with van der Waals surface area (Å²) in [5.74, 6) is 0.0343. The molecule has 1 aromatic rings. The summed E-state index contributed by atoms with van der Waals surface area (Å²) >= 11 is 0. The Morgan fingerprint density at radius 3 is 2.43 bits per heavy atom. The molecule has 0 saturated carbocycles. The van der Waals surface area contributed by atoms with Crippen molar-refractivity contribution in [1.82, 2.24) is 9.62 Å². The molecular formula is C15H24N2O3S. The lowest BCUT2D eigenvalue weighted by molar-refractivity contribution is 0.102. The molecule has 2 atom stereocenters. The van der Waals surface area contributed by atoms with Gasteiger partial charge in [-0.05, 0) is 31.5 Å². The van der Waals surface area contributed by atoms with Crippen molar-refractivity contribution in [2.75, 3.05) is 20.7 Å². The van der Waals surface area contributed by atoms with Crippen molar-refractivity contribution < 1.29 is 13.2 Å². The molecular weight excluding hydrogens is 288 g/mol. The standard InChI is InChI=1S/C15H24N2O3S/c1-12-15(8-9-20-12)17(3)21(18,19)11-14-6-4-13(5-7-14)10-16-2/h4-7,12,15-16H,8-11H2,1-3H3. The molecule has 1 saturated heterocycles. The van der Waals surface area contributed by atoms with Gasteiger partial charge in [0.25, 0.3) is 0 Å². The second-order valence-electron chi connectivity index (χ2n) is 5.55. The van der Waals surface area contributed by atoms with Crippen LogP contribution in [-0.4, -0.2) is 45.6 Å². The summed E-state index contributed by atoms with van der Waals surface area (Å²) in [7, 11) is 0.223. The highest BCUT2D eigenvalue weighted by Crippen LogP contribution is 2.22. The van der Waals surface area contributed by atoms with Crippen LogP contribution in [0.1, 0.15) is 24.5 Å². The third kappa shape index (κ3) is 4.03. The first-order valence-corrected chi connectivity index (χ1v) is 8.84.